The highest BCUT2D eigenvalue weighted by Crippen LogP contribution is 2.51. The topological polar surface area (TPSA) is 12.0 Å². The number of hydrogen-bond acceptors (Lipinski definition) is 1. The van der Waals surface area contributed by atoms with Crippen molar-refractivity contribution in [2.24, 2.45) is 29.6 Å². The fourth-order valence-corrected chi connectivity index (χ4v) is 4.41. The van der Waals surface area contributed by atoms with Crippen molar-refractivity contribution in [2.75, 3.05) is 7.05 Å². The Bertz CT molecular complexity index is 237. The molecular formula is C14H25N. The second-order valence-electron chi connectivity index (χ2n) is 6.44. The fraction of sp³-hybridized carbons (Fsp3) is 1.00. The number of nitrogens with one attached hydrogen (secondary N) is 1. The molecule has 1 N–H and O–H groups in total. The van der Waals surface area contributed by atoms with Gasteiger partial charge in [0.1, 0.15) is 0 Å². The van der Waals surface area contributed by atoms with Crippen molar-refractivity contribution in [2.45, 2.75) is 51.5 Å². The van der Waals surface area contributed by atoms with Crippen molar-refractivity contribution < 1.29 is 0 Å². The van der Waals surface area contributed by atoms with Gasteiger partial charge in [0, 0.05) is 6.04 Å². The molecule has 3 fully saturated rings. The molecule has 0 aromatic carbocycles. The van der Waals surface area contributed by atoms with Gasteiger partial charge in [0.2, 0.25) is 0 Å². The second kappa shape index (κ2) is 3.76. The monoisotopic (exact) mass is 207 g/mol. The molecule has 1 nitrogen and oxygen atoms in total. The van der Waals surface area contributed by atoms with Crippen LogP contribution >= 0.6 is 0 Å². The van der Waals surface area contributed by atoms with Crippen LogP contribution < -0.4 is 5.32 Å². The summed E-state index contributed by atoms with van der Waals surface area (Å²) in [6.07, 6.45) is 9.18. The van der Waals surface area contributed by atoms with Crippen molar-refractivity contribution >= 4 is 0 Å². The van der Waals surface area contributed by atoms with Crippen LogP contribution in [0.3, 0.4) is 0 Å². The van der Waals surface area contributed by atoms with E-state index in [-0.39, 0.29) is 0 Å². The first-order valence-electron chi connectivity index (χ1n) is 6.95. The average molecular weight is 207 g/mol. The molecule has 3 saturated carbocycles. The first kappa shape index (κ1) is 10.1. The highest BCUT2D eigenvalue weighted by molar-refractivity contribution is 4.97. The van der Waals surface area contributed by atoms with E-state index in [9.17, 15) is 0 Å². The summed E-state index contributed by atoms with van der Waals surface area (Å²) in [6.45, 7) is 2.41. The third kappa shape index (κ3) is 1.84. The van der Waals surface area contributed by atoms with Crippen LogP contribution in [0.1, 0.15) is 45.4 Å². The molecule has 2 bridgehead atoms. The van der Waals surface area contributed by atoms with Crippen LogP contribution in [0, 0.1) is 29.6 Å². The fourth-order valence-electron chi connectivity index (χ4n) is 4.41. The molecule has 0 radical (unpaired) electrons. The Labute approximate surface area is 94.0 Å². The van der Waals surface area contributed by atoms with Crippen LogP contribution in [0.4, 0.5) is 0 Å². The number of rotatable bonds is 4. The molecule has 15 heavy (non-hydrogen) atoms. The number of hydrogen-bond donors (Lipinski definition) is 1. The van der Waals surface area contributed by atoms with Crippen molar-refractivity contribution in [1.29, 1.82) is 0 Å². The van der Waals surface area contributed by atoms with Crippen LogP contribution in [0.5, 0.6) is 0 Å². The normalized spacial score (nSPS) is 49.6. The summed E-state index contributed by atoms with van der Waals surface area (Å²) in [7, 11) is 2.17. The molecule has 0 aromatic rings. The Hall–Kier alpha value is -0.0400. The van der Waals surface area contributed by atoms with E-state index >= 15 is 0 Å². The van der Waals surface area contributed by atoms with Gasteiger partial charge in [-0.15, -0.1) is 0 Å². The molecule has 86 valence electrons. The average Bonchev–Trinajstić information content (AvgIpc) is 2.67. The van der Waals surface area contributed by atoms with Crippen molar-refractivity contribution in [1.82, 2.24) is 5.32 Å². The van der Waals surface area contributed by atoms with E-state index < -0.39 is 0 Å². The Morgan fingerprint density at radius 1 is 1.20 bits per heavy atom. The van der Waals surface area contributed by atoms with Crippen LogP contribution in [0.2, 0.25) is 0 Å². The third-order valence-corrected chi connectivity index (χ3v) is 5.50. The first-order valence-corrected chi connectivity index (χ1v) is 6.95. The maximum atomic E-state index is 3.58. The van der Waals surface area contributed by atoms with Gasteiger partial charge >= 0.3 is 0 Å². The van der Waals surface area contributed by atoms with E-state index in [0.29, 0.717) is 0 Å². The van der Waals surface area contributed by atoms with Crippen LogP contribution in [0.25, 0.3) is 0 Å². The van der Waals surface area contributed by atoms with E-state index in [1.54, 1.807) is 25.7 Å². The largest absolute Gasteiger partial charge is 0.317 e. The molecule has 3 aliphatic carbocycles. The van der Waals surface area contributed by atoms with Crippen LogP contribution in [0.15, 0.2) is 0 Å². The van der Waals surface area contributed by atoms with Gasteiger partial charge < -0.3 is 5.32 Å². The predicted molar refractivity (Wildman–Crippen MR) is 63.7 cm³/mol. The predicted octanol–water partition coefficient (Wildman–Crippen LogP) is 3.06. The minimum absolute atomic E-state index is 0.837. The van der Waals surface area contributed by atoms with Gasteiger partial charge in [0.05, 0.1) is 0 Å². The van der Waals surface area contributed by atoms with Crippen LogP contribution in [-0.4, -0.2) is 13.1 Å². The van der Waals surface area contributed by atoms with Gasteiger partial charge in [-0.3, -0.25) is 0 Å². The van der Waals surface area contributed by atoms with E-state index in [1.165, 1.54) is 12.8 Å². The van der Waals surface area contributed by atoms with Crippen molar-refractivity contribution in [3.8, 4) is 0 Å². The molecule has 0 aliphatic heterocycles. The molecule has 0 amide bonds. The summed E-state index contributed by atoms with van der Waals surface area (Å²) in [6, 6.07) is 0.837. The Morgan fingerprint density at radius 2 is 2.00 bits per heavy atom. The lowest BCUT2D eigenvalue weighted by Crippen LogP contribution is -2.32. The van der Waals surface area contributed by atoms with Crippen molar-refractivity contribution in [3.63, 3.8) is 0 Å². The maximum Gasteiger partial charge on any atom is 0.00977 e. The lowest BCUT2D eigenvalue weighted by molar-refractivity contribution is 0.268. The molecule has 0 aromatic heterocycles. The summed E-state index contributed by atoms with van der Waals surface area (Å²) in [4.78, 5) is 0. The summed E-state index contributed by atoms with van der Waals surface area (Å²) < 4.78 is 0. The lowest BCUT2D eigenvalue weighted by Gasteiger charge is -2.26. The summed E-state index contributed by atoms with van der Waals surface area (Å²) in [5.41, 5.74) is 0. The zero-order chi connectivity index (χ0) is 10.4. The molecule has 0 saturated heterocycles. The number of fused-ring (bicyclic) bond motifs is 2. The molecule has 1 heteroatoms. The second-order valence-corrected chi connectivity index (χ2v) is 6.44. The molecule has 0 heterocycles. The Kier molecular flexibility index (Phi) is 2.54. The maximum absolute atomic E-state index is 3.58. The highest BCUT2D eigenvalue weighted by atomic mass is 14.9. The SMILES string of the molecule is CNC(CC1CC2CCC1C2)C1CC1C. The Morgan fingerprint density at radius 3 is 2.47 bits per heavy atom. The quantitative estimate of drug-likeness (QED) is 0.747. The van der Waals surface area contributed by atoms with E-state index in [4.69, 9.17) is 0 Å². The summed E-state index contributed by atoms with van der Waals surface area (Å²) >= 11 is 0. The van der Waals surface area contributed by atoms with Gasteiger partial charge in [-0.1, -0.05) is 13.3 Å². The van der Waals surface area contributed by atoms with Crippen molar-refractivity contribution in [3.05, 3.63) is 0 Å². The minimum Gasteiger partial charge on any atom is -0.317 e. The molecular weight excluding hydrogens is 182 g/mol. The zero-order valence-electron chi connectivity index (χ0n) is 10.2. The van der Waals surface area contributed by atoms with Crippen LogP contribution in [-0.2, 0) is 0 Å². The Balaban J connectivity index is 1.55. The zero-order valence-corrected chi connectivity index (χ0v) is 10.2. The molecule has 3 rings (SSSR count). The standard InChI is InChI=1S/C14H25N/c1-9-5-13(9)14(15-2)8-12-7-10-3-4-11(12)6-10/h9-15H,3-8H2,1-2H3. The minimum atomic E-state index is 0.837. The van der Waals surface area contributed by atoms with Gasteiger partial charge in [0.15, 0.2) is 0 Å². The van der Waals surface area contributed by atoms with E-state index in [2.05, 4.69) is 19.3 Å². The van der Waals surface area contributed by atoms with Gasteiger partial charge in [-0.2, -0.15) is 0 Å². The molecule has 6 unspecified atom stereocenters. The lowest BCUT2D eigenvalue weighted by atomic mass is 9.83. The first-order chi connectivity index (χ1) is 7.28. The molecule has 3 aliphatic rings. The molecule has 6 atom stereocenters. The van der Waals surface area contributed by atoms with Gasteiger partial charge in [0.25, 0.3) is 0 Å². The highest BCUT2D eigenvalue weighted by Gasteiger charge is 2.44. The summed E-state index contributed by atoms with van der Waals surface area (Å²) in [5.74, 6) is 5.32. The third-order valence-electron chi connectivity index (χ3n) is 5.50. The van der Waals surface area contributed by atoms with E-state index in [1.807, 2.05) is 0 Å². The molecule has 0 spiro atoms. The smallest absolute Gasteiger partial charge is 0.00977 e. The van der Waals surface area contributed by atoms with Gasteiger partial charge in [-0.05, 0) is 68.7 Å². The van der Waals surface area contributed by atoms with Gasteiger partial charge in [-0.25, -0.2) is 0 Å². The summed E-state index contributed by atoms with van der Waals surface area (Å²) in [5, 5.41) is 3.58. The van der Waals surface area contributed by atoms with E-state index in [0.717, 1.165) is 35.6 Å².